The van der Waals surface area contributed by atoms with Gasteiger partial charge in [0.15, 0.2) is 0 Å². The number of nitrogens with one attached hydrogen (secondary N) is 3. The molecule has 1 saturated heterocycles. The molecule has 0 aromatic heterocycles. The van der Waals surface area contributed by atoms with Crippen molar-refractivity contribution in [3.8, 4) is 0 Å². The molecule has 4 unspecified atom stereocenters. The molecule has 190 valence electrons. The van der Waals surface area contributed by atoms with E-state index in [0.29, 0.717) is 18.0 Å². The molecule has 2 fully saturated rings. The quantitative estimate of drug-likeness (QED) is 0.540. The standard InChI is InChI=1S/C29H42N4O2/c1-20-14-21(2)16-22(15-20)19-33-13-11-26(32-27(29(33)35)10-12-30-3)18-31-28(34)25-9-8-23-6-4-5-7-24(23)17-25/h4-9,17,20-22,26-27,30,32H,10-16,18-19H2,1-3H3,(H,31,34). The zero-order valence-electron chi connectivity index (χ0n) is 21.6. The molecule has 4 atom stereocenters. The molecule has 2 aromatic rings. The Morgan fingerprint density at radius 2 is 1.80 bits per heavy atom. The minimum absolute atomic E-state index is 0.0676. The molecular formula is C29H42N4O2. The largest absolute Gasteiger partial charge is 0.350 e. The molecule has 0 radical (unpaired) electrons. The van der Waals surface area contributed by atoms with E-state index in [9.17, 15) is 9.59 Å². The van der Waals surface area contributed by atoms with Crippen LogP contribution < -0.4 is 16.0 Å². The number of hydrogen-bond acceptors (Lipinski definition) is 4. The number of nitrogens with zero attached hydrogens (tertiary/aromatic N) is 1. The smallest absolute Gasteiger partial charge is 0.251 e. The molecule has 1 aliphatic carbocycles. The highest BCUT2D eigenvalue weighted by Crippen LogP contribution is 2.33. The van der Waals surface area contributed by atoms with Gasteiger partial charge in [0.1, 0.15) is 0 Å². The zero-order valence-corrected chi connectivity index (χ0v) is 21.6. The van der Waals surface area contributed by atoms with E-state index in [-0.39, 0.29) is 23.9 Å². The van der Waals surface area contributed by atoms with Crippen molar-refractivity contribution in [3.63, 3.8) is 0 Å². The van der Waals surface area contributed by atoms with Gasteiger partial charge in [-0.2, -0.15) is 0 Å². The lowest BCUT2D eigenvalue weighted by Crippen LogP contribution is -2.50. The fourth-order valence-electron chi connectivity index (χ4n) is 6.14. The Labute approximate surface area is 210 Å². The van der Waals surface area contributed by atoms with Crippen molar-refractivity contribution >= 4 is 22.6 Å². The highest BCUT2D eigenvalue weighted by molar-refractivity contribution is 5.98. The first kappa shape index (κ1) is 25.6. The number of benzene rings is 2. The minimum Gasteiger partial charge on any atom is -0.350 e. The first-order valence-electron chi connectivity index (χ1n) is 13.4. The summed E-state index contributed by atoms with van der Waals surface area (Å²) in [6, 6.07) is 13.7. The molecule has 4 rings (SSSR count). The van der Waals surface area contributed by atoms with Crippen LogP contribution >= 0.6 is 0 Å². The lowest BCUT2D eigenvalue weighted by atomic mass is 9.76. The molecule has 1 heterocycles. The van der Waals surface area contributed by atoms with Crippen molar-refractivity contribution in [3.05, 3.63) is 48.0 Å². The second-order valence-electron chi connectivity index (χ2n) is 10.9. The highest BCUT2D eigenvalue weighted by Gasteiger charge is 2.33. The summed E-state index contributed by atoms with van der Waals surface area (Å²) in [5, 5.41) is 12.1. The van der Waals surface area contributed by atoms with Crippen LogP contribution in [-0.2, 0) is 4.79 Å². The van der Waals surface area contributed by atoms with Crippen LogP contribution in [0.5, 0.6) is 0 Å². The van der Waals surface area contributed by atoms with Gasteiger partial charge < -0.3 is 20.9 Å². The Balaban J connectivity index is 1.38. The van der Waals surface area contributed by atoms with Crippen molar-refractivity contribution in [2.24, 2.45) is 17.8 Å². The molecule has 0 bridgehead atoms. The average Bonchev–Trinajstić information content (AvgIpc) is 2.99. The van der Waals surface area contributed by atoms with Crippen molar-refractivity contribution in [1.29, 1.82) is 0 Å². The Kier molecular flexibility index (Phi) is 8.79. The predicted octanol–water partition coefficient (Wildman–Crippen LogP) is 3.81. The van der Waals surface area contributed by atoms with Gasteiger partial charge in [0.2, 0.25) is 5.91 Å². The van der Waals surface area contributed by atoms with Crippen molar-refractivity contribution in [2.45, 2.75) is 58.0 Å². The number of rotatable bonds is 8. The van der Waals surface area contributed by atoms with E-state index < -0.39 is 0 Å². The van der Waals surface area contributed by atoms with Crippen LogP contribution in [-0.4, -0.2) is 62.0 Å². The summed E-state index contributed by atoms with van der Waals surface area (Å²) in [4.78, 5) is 28.5. The second-order valence-corrected chi connectivity index (χ2v) is 10.9. The van der Waals surface area contributed by atoms with Crippen LogP contribution in [0.15, 0.2) is 42.5 Å². The highest BCUT2D eigenvalue weighted by atomic mass is 16.2. The summed E-state index contributed by atoms with van der Waals surface area (Å²) in [5.41, 5.74) is 0.669. The maximum Gasteiger partial charge on any atom is 0.251 e. The van der Waals surface area contributed by atoms with Gasteiger partial charge in [-0.05, 0) is 86.4 Å². The maximum atomic E-state index is 13.5. The molecule has 6 heteroatoms. The van der Waals surface area contributed by atoms with Gasteiger partial charge in [0, 0.05) is 31.2 Å². The van der Waals surface area contributed by atoms with E-state index in [0.717, 1.165) is 55.1 Å². The lowest BCUT2D eigenvalue weighted by Gasteiger charge is -2.35. The molecule has 35 heavy (non-hydrogen) atoms. The first-order chi connectivity index (χ1) is 16.9. The maximum absolute atomic E-state index is 13.5. The summed E-state index contributed by atoms with van der Waals surface area (Å²) < 4.78 is 0. The van der Waals surface area contributed by atoms with Crippen molar-refractivity contribution < 1.29 is 9.59 Å². The van der Waals surface area contributed by atoms with Crippen LogP contribution in [0, 0.1) is 17.8 Å². The summed E-state index contributed by atoms with van der Waals surface area (Å²) in [6.45, 7) is 7.60. The van der Waals surface area contributed by atoms with E-state index in [4.69, 9.17) is 0 Å². The lowest BCUT2D eigenvalue weighted by molar-refractivity contribution is -0.133. The first-order valence-corrected chi connectivity index (χ1v) is 13.4. The molecule has 1 saturated carbocycles. The molecular weight excluding hydrogens is 436 g/mol. The summed E-state index contributed by atoms with van der Waals surface area (Å²) in [7, 11) is 1.92. The van der Waals surface area contributed by atoms with Gasteiger partial charge >= 0.3 is 0 Å². The number of hydrogen-bond donors (Lipinski definition) is 3. The van der Waals surface area contributed by atoms with Gasteiger partial charge in [0.05, 0.1) is 6.04 Å². The molecule has 2 aliphatic rings. The fourth-order valence-corrected chi connectivity index (χ4v) is 6.14. The second kappa shape index (κ2) is 12.0. The fraction of sp³-hybridized carbons (Fsp3) is 0.586. The van der Waals surface area contributed by atoms with Gasteiger partial charge in [-0.25, -0.2) is 0 Å². The molecule has 2 amide bonds. The third-order valence-electron chi connectivity index (χ3n) is 7.75. The molecule has 6 nitrogen and oxygen atoms in total. The third kappa shape index (κ3) is 6.83. The van der Waals surface area contributed by atoms with E-state index in [1.165, 1.54) is 19.3 Å². The topological polar surface area (TPSA) is 73.5 Å². The van der Waals surface area contributed by atoms with Gasteiger partial charge in [-0.3, -0.25) is 9.59 Å². The molecule has 1 aliphatic heterocycles. The van der Waals surface area contributed by atoms with Crippen LogP contribution in [0.1, 0.15) is 56.3 Å². The van der Waals surface area contributed by atoms with E-state index in [1.807, 2.05) is 43.4 Å². The van der Waals surface area contributed by atoms with Gasteiger partial charge in [0.25, 0.3) is 5.91 Å². The van der Waals surface area contributed by atoms with E-state index in [2.05, 4.69) is 40.8 Å². The monoisotopic (exact) mass is 478 g/mol. The molecule has 3 N–H and O–H groups in total. The SMILES string of the molecule is CNCCC1NC(CNC(=O)c2ccc3ccccc3c2)CCN(CC2CC(C)CC(C)C2)C1=O. The zero-order chi connectivity index (χ0) is 24.8. The Morgan fingerprint density at radius 3 is 2.54 bits per heavy atom. The summed E-state index contributed by atoms with van der Waals surface area (Å²) in [5.74, 6) is 2.22. The van der Waals surface area contributed by atoms with Crippen molar-refractivity contribution in [2.75, 3.05) is 33.2 Å². The summed E-state index contributed by atoms with van der Waals surface area (Å²) >= 11 is 0. The van der Waals surface area contributed by atoms with E-state index >= 15 is 0 Å². The number of carbonyl (C=O) groups excluding carboxylic acids is 2. The van der Waals surface area contributed by atoms with E-state index in [1.54, 1.807) is 0 Å². The normalized spacial score (nSPS) is 27.6. The minimum atomic E-state index is -0.217. The van der Waals surface area contributed by atoms with Gasteiger partial charge in [-0.1, -0.05) is 44.2 Å². The number of fused-ring (bicyclic) bond motifs is 1. The molecule has 2 aromatic carbocycles. The Bertz CT molecular complexity index is 999. The number of amides is 2. The Morgan fingerprint density at radius 1 is 1.06 bits per heavy atom. The predicted molar refractivity (Wildman–Crippen MR) is 142 cm³/mol. The van der Waals surface area contributed by atoms with Gasteiger partial charge in [-0.15, -0.1) is 0 Å². The molecule has 0 spiro atoms. The third-order valence-corrected chi connectivity index (χ3v) is 7.75. The Hall–Kier alpha value is -2.44. The average molecular weight is 479 g/mol. The van der Waals surface area contributed by atoms with Crippen LogP contribution in [0.25, 0.3) is 10.8 Å². The summed E-state index contributed by atoms with van der Waals surface area (Å²) in [6.07, 6.45) is 5.33. The number of carbonyl (C=O) groups is 2. The van der Waals surface area contributed by atoms with Crippen LogP contribution in [0.3, 0.4) is 0 Å². The van der Waals surface area contributed by atoms with Crippen LogP contribution in [0.2, 0.25) is 0 Å². The van der Waals surface area contributed by atoms with Crippen molar-refractivity contribution in [1.82, 2.24) is 20.9 Å². The van der Waals surface area contributed by atoms with Crippen LogP contribution in [0.4, 0.5) is 0 Å².